The van der Waals surface area contributed by atoms with Crippen LogP contribution in [0.25, 0.3) is 0 Å². The van der Waals surface area contributed by atoms with Crippen LogP contribution in [0.5, 0.6) is 0 Å². The number of benzene rings is 3. The summed E-state index contributed by atoms with van der Waals surface area (Å²) in [5.74, 6) is -1.72. The number of Topliss-reactive ketones (excluding diaryl/α,β-unsaturated/α-hetero) is 1. The molecule has 0 aromatic heterocycles. The zero-order chi connectivity index (χ0) is 21.8. The molecule has 3 rings (SSSR count). The maximum Gasteiger partial charge on any atom is 0.342 e. The smallest absolute Gasteiger partial charge is 0.342 e. The van der Waals surface area contributed by atoms with E-state index in [1.54, 1.807) is 0 Å². The molecule has 0 N–H and O–H groups in total. The van der Waals surface area contributed by atoms with Crippen molar-refractivity contribution in [2.45, 2.75) is 3.79 Å². The first-order chi connectivity index (χ1) is 14.3. The maximum atomic E-state index is 13.4. The topological polar surface area (TPSA) is 43.4 Å². The third kappa shape index (κ3) is 4.22. The van der Waals surface area contributed by atoms with Crippen LogP contribution in [0.1, 0.15) is 0 Å². The second-order valence-electron chi connectivity index (χ2n) is 6.34. The van der Waals surface area contributed by atoms with Crippen LogP contribution < -0.4 is 15.9 Å². The van der Waals surface area contributed by atoms with Gasteiger partial charge in [0.25, 0.3) is 3.79 Å². The Hall–Kier alpha value is -2.03. The molecule has 0 heterocycles. The summed E-state index contributed by atoms with van der Waals surface area (Å²) in [6.45, 7) is -3.05. The molecule has 154 valence electrons. The number of ketones is 1. The van der Waals surface area contributed by atoms with Gasteiger partial charge < -0.3 is 4.74 Å². The summed E-state index contributed by atoms with van der Waals surface area (Å²) in [4.78, 5) is 26.6. The summed E-state index contributed by atoms with van der Waals surface area (Å²) >= 11 is 18.1. The van der Waals surface area contributed by atoms with Gasteiger partial charge in [-0.3, -0.25) is 4.79 Å². The lowest BCUT2D eigenvalue weighted by molar-refractivity contribution is -0.133. The summed E-state index contributed by atoms with van der Waals surface area (Å²) in [5.41, 5.74) is 0. The highest BCUT2D eigenvalue weighted by Gasteiger charge is 2.44. The van der Waals surface area contributed by atoms with E-state index < -0.39 is 22.4 Å². The van der Waals surface area contributed by atoms with Crippen molar-refractivity contribution < 1.29 is 14.3 Å². The van der Waals surface area contributed by atoms with Crippen molar-refractivity contribution in [1.29, 1.82) is 0 Å². The van der Waals surface area contributed by atoms with E-state index >= 15 is 0 Å². The predicted molar refractivity (Wildman–Crippen MR) is 127 cm³/mol. The lowest BCUT2D eigenvalue weighted by Gasteiger charge is -2.32. The van der Waals surface area contributed by atoms with Crippen LogP contribution in [0, 0.1) is 0 Å². The van der Waals surface area contributed by atoms with Crippen molar-refractivity contribution in [3.8, 4) is 0 Å². The molecule has 0 spiro atoms. The maximum absolute atomic E-state index is 13.4. The highest BCUT2D eigenvalue weighted by atomic mass is 35.6. The van der Waals surface area contributed by atoms with Gasteiger partial charge in [-0.05, 0) is 22.8 Å². The molecule has 0 fully saturated rings. The number of halogens is 3. The molecule has 0 amide bonds. The Morgan fingerprint density at radius 3 is 1.30 bits per heavy atom. The number of methoxy groups -OCH3 is 1. The zero-order valence-corrected chi connectivity index (χ0v) is 19.1. The summed E-state index contributed by atoms with van der Waals surface area (Å²) in [5, 5.41) is 2.13. The van der Waals surface area contributed by atoms with Crippen LogP contribution in [0.15, 0.2) is 91.0 Å². The van der Waals surface area contributed by atoms with Gasteiger partial charge in [-0.15, -0.1) is 0 Å². The number of hydrogen-bond acceptors (Lipinski definition) is 3. The summed E-state index contributed by atoms with van der Waals surface area (Å²) in [6, 6.07) is 28.0. The van der Waals surface area contributed by atoms with Crippen molar-refractivity contribution in [2.24, 2.45) is 0 Å². The van der Waals surface area contributed by atoms with Crippen LogP contribution in [0.4, 0.5) is 0 Å². The molecule has 30 heavy (non-hydrogen) atoms. The third-order valence-corrected chi connectivity index (χ3v) is 9.41. The van der Waals surface area contributed by atoms with Crippen LogP contribution in [-0.2, 0) is 14.3 Å². The lowest BCUT2D eigenvalue weighted by atomic mass is 10.3. The van der Waals surface area contributed by atoms with Crippen LogP contribution in [0.2, 0.25) is 0 Å². The fourth-order valence-corrected chi connectivity index (χ4v) is 8.25. The van der Waals surface area contributed by atoms with Gasteiger partial charge in [0, 0.05) is 0 Å². The Bertz CT molecular complexity index is 989. The highest BCUT2D eigenvalue weighted by molar-refractivity contribution is 7.97. The number of carbonyl (C=O) groups is 2. The average molecular weight is 480 g/mol. The lowest BCUT2D eigenvalue weighted by Crippen LogP contribution is -2.42. The number of ether oxygens (including phenoxy) is 1. The second kappa shape index (κ2) is 9.41. The van der Waals surface area contributed by atoms with Gasteiger partial charge in [0.15, 0.2) is 0 Å². The Morgan fingerprint density at radius 1 is 0.700 bits per heavy atom. The summed E-state index contributed by atoms with van der Waals surface area (Å²) in [6.07, 6.45) is 0. The first kappa shape index (κ1) is 22.7. The fraction of sp³-hybridized carbons (Fsp3) is 0.0870. The van der Waals surface area contributed by atoms with E-state index in [0.29, 0.717) is 0 Å². The number of carbonyl (C=O) groups excluding carboxylic acids is 2. The molecule has 3 aromatic rings. The number of rotatable bonds is 5. The molecular formula is C23H18Cl3O3P. The van der Waals surface area contributed by atoms with E-state index in [0.717, 1.165) is 15.9 Å². The molecule has 3 aromatic carbocycles. The molecular weight excluding hydrogens is 462 g/mol. The number of alkyl halides is 3. The molecule has 0 saturated heterocycles. The van der Waals surface area contributed by atoms with Gasteiger partial charge in [0.1, 0.15) is 5.29 Å². The van der Waals surface area contributed by atoms with Crippen molar-refractivity contribution in [1.82, 2.24) is 0 Å². The van der Waals surface area contributed by atoms with Gasteiger partial charge in [-0.1, -0.05) is 126 Å². The zero-order valence-electron chi connectivity index (χ0n) is 16.0. The Labute approximate surface area is 190 Å². The second-order valence-corrected chi connectivity index (χ2v) is 12.0. The normalized spacial score (nSPS) is 11.6. The predicted octanol–water partition coefficient (Wildman–Crippen LogP) is 4.27. The van der Waals surface area contributed by atoms with E-state index in [4.69, 9.17) is 39.5 Å². The summed E-state index contributed by atoms with van der Waals surface area (Å²) in [7, 11) is 1.21. The third-order valence-electron chi connectivity index (χ3n) is 4.62. The van der Waals surface area contributed by atoms with E-state index in [2.05, 4.69) is 0 Å². The first-order valence-corrected chi connectivity index (χ1v) is 11.9. The first-order valence-electron chi connectivity index (χ1n) is 8.96. The largest absolute Gasteiger partial charge is 0.465 e. The van der Waals surface area contributed by atoms with Crippen molar-refractivity contribution in [3.05, 3.63) is 91.0 Å². The van der Waals surface area contributed by atoms with E-state index in [-0.39, 0.29) is 5.29 Å². The van der Waals surface area contributed by atoms with E-state index in [1.807, 2.05) is 91.0 Å². The molecule has 0 radical (unpaired) electrons. The number of hydrogen-bond donors (Lipinski definition) is 0. The molecule has 7 heteroatoms. The average Bonchev–Trinajstić information content (AvgIpc) is 2.77. The molecule has 0 atom stereocenters. The van der Waals surface area contributed by atoms with Crippen LogP contribution in [-0.4, -0.2) is 27.9 Å². The standard InChI is InChI=1S/C23H18Cl3O3P/c1-29-22(28)20(21(27)23(24,25)26)30(17-11-5-2-6-12-17,18-13-7-3-8-14-18)19-15-9-4-10-16-19/h2-16H,1H3. The fourth-order valence-electron chi connectivity index (χ4n) is 3.40. The molecule has 0 unspecified atom stereocenters. The Balaban J connectivity index is 2.68. The van der Waals surface area contributed by atoms with Gasteiger partial charge >= 0.3 is 5.97 Å². The quantitative estimate of drug-likeness (QED) is 0.238. The summed E-state index contributed by atoms with van der Waals surface area (Å²) < 4.78 is 2.73. The SMILES string of the molecule is COC(=O)C(C(=O)C(Cl)(Cl)Cl)=P(c1ccccc1)(c1ccccc1)c1ccccc1. The molecule has 3 nitrogen and oxygen atoms in total. The molecule has 0 saturated carbocycles. The highest BCUT2D eigenvalue weighted by Crippen LogP contribution is 2.48. The van der Waals surface area contributed by atoms with Crippen LogP contribution >= 0.6 is 41.7 Å². The van der Waals surface area contributed by atoms with E-state index in [9.17, 15) is 9.59 Å². The van der Waals surface area contributed by atoms with Gasteiger partial charge in [-0.25, -0.2) is 4.79 Å². The Morgan fingerprint density at radius 2 is 1.03 bits per heavy atom. The van der Waals surface area contributed by atoms with Gasteiger partial charge in [0.05, 0.1) is 7.11 Å². The van der Waals surface area contributed by atoms with Gasteiger partial charge in [0.2, 0.25) is 5.78 Å². The van der Waals surface area contributed by atoms with Crippen LogP contribution in [0.3, 0.4) is 0 Å². The minimum atomic E-state index is -3.05. The van der Waals surface area contributed by atoms with E-state index in [1.165, 1.54) is 7.11 Å². The molecule has 0 aliphatic heterocycles. The molecule has 0 aliphatic carbocycles. The minimum Gasteiger partial charge on any atom is -0.465 e. The minimum absolute atomic E-state index is 0.173. The molecule has 0 aliphatic rings. The van der Waals surface area contributed by atoms with Gasteiger partial charge in [-0.2, -0.15) is 0 Å². The monoisotopic (exact) mass is 478 g/mol. The van der Waals surface area contributed by atoms with Crippen molar-refractivity contribution in [3.63, 3.8) is 0 Å². The Kier molecular flexibility index (Phi) is 7.10. The van der Waals surface area contributed by atoms with Crippen molar-refractivity contribution >= 4 is 74.6 Å². The molecule has 0 bridgehead atoms. The van der Waals surface area contributed by atoms with Crippen molar-refractivity contribution in [2.75, 3.05) is 7.11 Å². The number of esters is 1.